The van der Waals surface area contributed by atoms with Crippen LogP contribution in [0.15, 0.2) is 42.5 Å². The lowest BCUT2D eigenvalue weighted by Crippen LogP contribution is -2.06. The topological polar surface area (TPSA) is 72.6 Å². The molecule has 0 spiro atoms. The molecule has 21 heavy (non-hydrogen) atoms. The fourth-order valence-corrected chi connectivity index (χ4v) is 1.96. The van der Waals surface area contributed by atoms with Gasteiger partial charge in [0.05, 0.1) is 17.9 Å². The van der Waals surface area contributed by atoms with Gasteiger partial charge >= 0.3 is 5.97 Å². The molecule has 0 aromatic heterocycles. The van der Waals surface area contributed by atoms with Crippen LogP contribution in [0.1, 0.15) is 22.3 Å². The predicted molar refractivity (Wildman–Crippen MR) is 78.0 cm³/mol. The Hall–Kier alpha value is -2.56. The summed E-state index contributed by atoms with van der Waals surface area (Å²) in [6.07, 6.45) is 1.60. The smallest absolute Gasteiger partial charge is 0.338 e. The number of nitrogens with two attached hydrogens (primary N) is 1. The van der Waals surface area contributed by atoms with Gasteiger partial charge in [0.1, 0.15) is 11.6 Å². The first kappa shape index (κ1) is 14.8. The largest absolute Gasteiger partial charge is 0.491 e. The van der Waals surface area contributed by atoms with Gasteiger partial charge in [-0.05, 0) is 24.5 Å². The standard InChI is InChI=1S/C16H16FNO3/c17-13-10-15(14(18)9-12(13)16(19)20)21-8-4-7-11-5-2-1-3-6-11/h1-3,5-6,9-10H,4,7-8,18H2,(H,19,20). The van der Waals surface area contributed by atoms with E-state index in [1.807, 2.05) is 30.3 Å². The molecule has 0 aliphatic rings. The zero-order chi connectivity index (χ0) is 15.2. The van der Waals surface area contributed by atoms with Crippen LogP contribution in [-0.2, 0) is 6.42 Å². The van der Waals surface area contributed by atoms with Crippen molar-refractivity contribution in [2.45, 2.75) is 12.8 Å². The first-order valence-corrected chi connectivity index (χ1v) is 6.57. The van der Waals surface area contributed by atoms with Crippen molar-refractivity contribution < 1.29 is 19.0 Å². The monoisotopic (exact) mass is 289 g/mol. The lowest BCUT2D eigenvalue weighted by atomic mass is 10.1. The van der Waals surface area contributed by atoms with Crippen molar-refractivity contribution in [1.29, 1.82) is 0 Å². The number of benzene rings is 2. The fraction of sp³-hybridized carbons (Fsp3) is 0.188. The number of nitrogen functional groups attached to an aromatic ring is 1. The number of carboxylic acids is 1. The van der Waals surface area contributed by atoms with E-state index in [0.717, 1.165) is 25.0 Å². The summed E-state index contributed by atoms with van der Waals surface area (Å²) >= 11 is 0. The molecule has 2 aromatic rings. The molecule has 0 aliphatic heterocycles. The van der Waals surface area contributed by atoms with Crippen LogP contribution in [0.25, 0.3) is 0 Å². The van der Waals surface area contributed by atoms with E-state index in [-0.39, 0.29) is 11.4 Å². The van der Waals surface area contributed by atoms with Gasteiger partial charge in [-0.15, -0.1) is 0 Å². The van der Waals surface area contributed by atoms with Crippen molar-refractivity contribution in [3.05, 3.63) is 59.4 Å². The number of halogens is 1. The summed E-state index contributed by atoms with van der Waals surface area (Å²) in [6, 6.07) is 12.0. The number of hydrogen-bond donors (Lipinski definition) is 2. The van der Waals surface area contributed by atoms with Crippen molar-refractivity contribution >= 4 is 11.7 Å². The van der Waals surface area contributed by atoms with Gasteiger partial charge in [0.25, 0.3) is 0 Å². The van der Waals surface area contributed by atoms with Crippen LogP contribution in [0.5, 0.6) is 5.75 Å². The highest BCUT2D eigenvalue weighted by Crippen LogP contribution is 2.25. The van der Waals surface area contributed by atoms with Crippen LogP contribution in [0.4, 0.5) is 10.1 Å². The van der Waals surface area contributed by atoms with Crippen LogP contribution < -0.4 is 10.5 Å². The van der Waals surface area contributed by atoms with Crippen LogP contribution in [0.2, 0.25) is 0 Å². The van der Waals surface area contributed by atoms with Gasteiger partial charge in [-0.1, -0.05) is 30.3 Å². The van der Waals surface area contributed by atoms with E-state index in [9.17, 15) is 9.18 Å². The minimum absolute atomic E-state index is 0.119. The Morgan fingerprint density at radius 1 is 1.24 bits per heavy atom. The summed E-state index contributed by atoms with van der Waals surface area (Å²) in [5.41, 5.74) is 6.53. The number of carbonyl (C=O) groups is 1. The number of carboxylic acid groups (broad SMARTS) is 1. The Morgan fingerprint density at radius 3 is 2.62 bits per heavy atom. The van der Waals surface area contributed by atoms with Crippen LogP contribution in [0, 0.1) is 5.82 Å². The highest BCUT2D eigenvalue weighted by Gasteiger charge is 2.14. The molecule has 2 aromatic carbocycles. The summed E-state index contributed by atoms with van der Waals surface area (Å²) in [5, 5.41) is 8.78. The van der Waals surface area contributed by atoms with Gasteiger partial charge in [0.2, 0.25) is 0 Å². The Bertz CT molecular complexity index is 629. The Labute approximate surface area is 122 Å². The molecule has 0 aliphatic carbocycles. The van der Waals surface area contributed by atoms with E-state index >= 15 is 0 Å². The molecule has 0 atom stereocenters. The quantitative estimate of drug-likeness (QED) is 0.633. The number of anilines is 1. The van der Waals surface area contributed by atoms with Crippen LogP contribution in [0.3, 0.4) is 0 Å². The van der Waals surface area contributed by atoms with Gasteiger partial charge in [-0.25, -0.2) is 9.18 Å². The second-order valence-electron chi connectivity index (χ2n) is 4.61. The Kier molecular flexibility index (Phi) is 4.77. The minimum Gasteiger partial charge on any atom is -0.491 e. The molecule has 4 nitrogen and oxygen atoms in total. The van der Waals surface area contributed by atoms with Gasteiger partial charge in [0, 0.05) is 6.07 Å². The molecule has 3 N–H and O–H groups in total. The maximum absolute atomic E-state index is 13.5. The SMILES string of the molecule is Nc1cc(C(=O)O)c(F)cc1OCCCc1ccccc1. The predicted octanol–water partition coefficient (Wildman–Crippen LogP) is 3.12. The van der Waals surface area contributed by atoms with Crippen molar-refractivity contribution in [3.63, 3.8) is 0 Å². The molecule has 0 amide bonds. The second-order valence-corrected chi connectivity index (χ2v) is 4.61. The van der Waals surface area contributed by atoms with E-state index in [1.165, 1.54) is 5.56 Å². The Balaban J connectivity index is 1.92. The maximum atomic E-state index is 13.5. The lowest BCUT2D eigenvalue weighted by Gasteiger charge is -2.10. The van der Waals surface area contributed by atoms with E-state index in [0.29, 0.717) is 6.61 Å². The van der Waals surface area contributed by atoms with Gasteiger partial charge < -0.3 is 15.6 Å². The van der Waals surface area contributed by atoms with Crippen molar-refractivity contribution in [2.24, 2.45) is 0 Å². The summed E-state index contributed by atoms with van der Waals surface area (Å²) < 4.78 is 19.0. The molecule has 0 radical (unpaired) electrons. The van der Waals surface area contributed by atoms with Crippen molar-refractivity contribution in [3.8, 4) is 5.75 Å². The summed E-state index contributed by atoms with van der Waals surface area (Å²) in [4.78, 5) is 10.8. The molecule has 5 heteroatoms. The molecule has 0 heterocycles. The summed E-state index contributed by atoms with van der Waals surface area (Å²) in [7, 11) is 0. The highest BCUT2D eigenvalue weighted by atomic mass is 19.1. The zero-order valence-corrected chi connectivity index (χ0v) is 11.4. The van der Waals surface area contributed by atoms with Crippen molar-refractivity contribution in [1.82, 2.24) is 0 Å². The second kappa shape index (κ2) is 6.74. The molecule has 2 rings (SSSR count). The van der Waals surface area contributed by atoms with Crippen LogP contribution >= 0.6 is 0 Å². The number of aromatic carboxylic acids is 1. The van der Waals surface area contributed by atoms with Gasteiger partial charge in [0.15, 0.2) is 0 Å². The average Bonchev–Trinajstić information content (AvgIpc) is 2.47. The first-order valence-electron chi connectivity index (χ1n) is 6.57. The molecular formula is C16H16FNO3. The summed E-state index contributed by atoms with van der Waals surface area (Å²) in [6.45, 7) is 0.380. The van der Waals surface area contributed by atoms with Crippen LogP contribution in [-0.4, -0.2) is 17.7 Å². The van der Waals surface area contributed by atoms with E-state index < -0.39 is 17.3 Å². The molecule has 110 valence electrons. The zero-order valence-electron chi connectivity index (χ0n) is 11.4. The third-order valence-corrected chi connectivity index (χ3v) is 3.04. The fourth-order valence-electron chi connectivity index (χ4n) is 1.96. The third-order valence-electron chi connectivity index (χ3n) is 3.04. The molecule has 0 fully saturated rings. The Morgan fingerprint density at radius 2 is 1.95 bits per heavy atom. The molecule has 0 saturated heterocycles. The molecule has 0 bridgehead atoms. The summed E-state index contributed by atoms with van der Waals surface area (Å²) in [5.74, 6) is -2.03. The number of hydrogen-bond acceptors (Lipinski definition) is 3. The van der Waals surface area contributed by atoms with E-state index in [4.69, 9.17) is 15.6 Å². The normalized spacial score (nSPS) is 10.3. The third kappa shape index (κ3) is 3.95. The van der Waals surface area contributed by atoms with Gasteiger partial charge in [-0.2, -0.15) is 0 Å². The molecule has 0 saturated carbocycles. The minimum atomic E-state index is -1.35. The van der Waals surface area contributed by atoms with E-state index in [1.54, 1.807) is 0 Å². The first-order chi connectivity index (χ1) is 10.1. The highest BCUT2D eigenvalue weighted by molar-refractivity contribution is 5.89. The van der Waals surface area contributed by atoms with E-state index in [2.05, 4.69) is 0 Å². The van der Waals surface area contributed by atoms with Crippen molar-refractivity contribution in [2.75, 3.05) is 12.3 Å². The maximum Gasteiger partial charge on any atom is 0.338 e. The average molecular weight is 289 g/mol. The number of ether oxygens (including phenoxy) is 1. The molecular weight excluding hydrogens is 273 g/mol. The molecule has 0 unspecified atom stereocenters. The number of rotatable bonds is 6. The number of aryl methyl sites for hydroxylation is 1. The van der Waals surface area contributed by atoms with Gasteiger partial charge in [-0.3, -0.25) is 0 Å². The lowest BCUT2D eigenvalue weighted by molar-refractivity contribution is 0.0692.